The number of hydrogen-bond donors (Lipinski definition) is 0. The molecule has 1 nitrogen and oxygen atoms in total. The number of rotatable bonds is 4. The van der Waals surface area contributed by atoms with E-state index in [0.717, 1.165) is 30.3 Å². The third-order valence-corrected chi connectivity index (χ3v) is 5.52. The van der Waals surface area contributed by atoms with Crippen LogP contribution in [0, 0.1) is 4.51 Å². The van der Waals surface area contributed by atoms with Crippen LogP contribution in [-0.4, -0.2) is 4.57 Å². The SMILES string of the molecule is S=c1cc(-c2ccccc2)n(CCc2ccccc2)c2c1CCCC2. The molecule has 0 bridgehead atoms. The molecule has 0 spiro atoms. The second-order valence-electron chi connectivity index (χ2n) is 6.78. The Morgan fingerprint density at radius 1 is 0.840 bits per heavy atom. The molecule has 0 saturated carbocycles. The number of hydrogen-bond acceptors (Lipinski definition) is 1. The molecule has 1 aromatic heterocycles. The van der Waals surface area contributed by atoms with Crippen molar-refractivity contribution in [2.45, 2.75) is 38.6 Å². The maximum Gasteiger partial charge on any atom is 0.0496 e. The third-order valence-electron chi connectivity index (χ3n) is 5.16. The van der Waals surface area contributed by atoms with Crippen molar-refractivity contribution >= 4 is 12.2 Å². The van der Waals surface area contributed by atoms with Crippen molar-refractivity contribution in [3.63, 3.8) is 0 Å². The number of fused-ring (bicyclic) bond motifs is 1. The molecule has 25 heavy (non-hydrogen) atoms. The summed E-state index contributed by atoms with van der Waals surface area (Å²) in [5.41, 5.74) is 6.79. The minimum atomic E-state index is 1.01. The van der Waals surface area contributed by atoms with Crippen molar-refractivity contribution in [3.8, 4) is 11.3 Å². The molecular weight excluding hydrogens is 322 g/mol. The Bertz CT molecular complexity index is 910. The van der Waals surface area contributed by atoms with E-state index in [0.29, 0.717) is 0 Å². The molecule has 0 N–H and O–H groups in total. The Labute approximate surface area is 155 Å². The lowest BCUT2D eigenvalue weighted by molar-refractivity contribution is 0.588. The van der Waals surface area contributed by atoms with Gasteiger partial charge >= 0.3 is 0 Å². The number of benzene rings is 2. The second kappa shape index (κ2) is 7.37. The lowest BCUT2D eigenvalue weighted by Gasteiger charge is -2.25. The van der Waals surface area contributed by atoms with Gasteiger partial charge in [-0.3, -0.25) is 0 Å². The number of nitrogens with zero attached hydrogens (tertiary/aromatic N) is 1. The second-order valence-corrected chi connectivity index (χ2v) is 7.22. The summed E-state index contributed by atoms with van der Waals surface area (Å²) in [7, 11) is 0. The van der Waals surface area contributed by atoms with Gasteiger partial charge in [0.15, 0.2) is 0 Å². The van der Waals surface area contributed by atoms with Crippen LogP contribution in [0.5, 0.6) is 0 Å². The van der Waals surface area contributed by atoms with Gasteiger partial charge in [0.25, 0.3) is 0 Å². The molecule has 3 aromatic rings. The maximum absolute atomic E-state index is 5.75. The zero-order valence-corrected chi connectivity index (χ0v) is 15.3. The van der Waals surface area contributed by atoms with E-state index in [4.69, 9.17) is 12.2 Å². The molecule has 0 saturated heterocycles. The summed E-state index contributed by atoms with van der Waals surface area (Å²) in [6, 6.07) is 23.7. The van der Waals surface area contributed by atoms with Crippen LogP contribution in [0.25, 0.3) is 11.3 Å². The van der Waals surface area contributed by atoms with Gasteiger partial charge in [-0.05, 0) is 54.9 Å². The highest BCUT2D eigenvalue weighted by Crippen LogP contribution is 2.29. The summed E-state index contributed by atoms with van der Waals surface area (Å²) in [5.74, 6) is 0. The van der Waals surface area contributed by atoms with Crippen LogP contribution >= 0.6 is 12.2 Å². The zero-order valence-electron chi connectivity index (χ0n) is 14.4. The van der Waals surface area contributed by atoms with Gasteiger partial charge in [0.1, 0.15) is 0 Å². The molecule has 0 atom stereocenters. The highest BCUT2D eigenvalue weighted by Gasteiger charge is 2.17. The first kappa shape index (κ1) is 16.3. The van der Waals surface area contributed by atoms with E-state index in [2.05, 4.69) is 71.3 Å². The molecule has 0 unspecified atom stereocenters. The minimum Gasteiger partial charge on any atom is -0.344 e. The Morgan fingerprint density at radius 3 is 2.28 bits per heavy atom. The molecule has 4 rings (SSSR count). The van der Waals surface area contributed by atoms with E-state index < -0.39 is 0 Å². The van der Waals surface area contributed by atoms with Gasteiger partial charge in [0, 0.05) is 22.4 Å². The van der Waals surface area contributed by atoms with Crippen molar-refractivity contribution < 1.29 is 0 Å². The van der Waals surface area contributed by atoms with Crippen molar-refractivity contribution in [1.82, 2.24) is 4.57 Å². The molecule has 1 heterocycles. The first-order valence-corrected chi connectivity index (χ1v) is 9.59. The standard InChI is InChI=1S/C23H23NS/c25-23-17-22(19-11-5-2-6-12-19)24(21-14-8-7-13-20(21)23)16-15-18-9-3-1-4-10-18/h1-6,9-12,17H,7-8,13-16H2. The molecule has 1 aliphatic rings. The Hall–Kier alpha value is -2.19. The summed E-state index contributed by atoms with van der Waals surface area (Å²) in [6.07, 6.45) is 5.86. The summed E-state index contributed by atoms with van der Waals surface area (Å²) in [5, 5.41) is 0. The molecule has 0 aliphatic heterocycles. The van der Waals surface area contributed by atoms with Crippen LogP contribution in [0.2, 0.25) is 0 Å². The van der Waals surface area contributed by atoms with Gasteiger partial charge < -0.3 is 4.57 Å². The predicted molar refractivity (Wildman–Crippen MR) is 107 cm³/mol. The van der Waals surface area contributed by atoms with Gasteiger partial charge in [0.05, 0.1) is 0 Å². The highest BCUT2D eigenvalue weighted by molar-refractivity contribution is 7.71. The molecule has 0 amide bonds. The lowest BCUT2D eigenvalue weighted by atomic mass is 9.94. The van der Waals surface area contributed by atoms with Gasteiger partial charge in [-0.25, -0.2) is 0 Å². The van der Waals surface area contributed by atoms with Crippen LogP contribution < -0.4 is 0 Å². The first-order chi connectivity index (χ1) is 12.3. The lowest BCUT2D eigenvalue weighted by Crippen LogP contribution is -2.17. The fourth-order valence-corrected chi connectivity index (χ4v) is 4.21. The molecule has 0 radical (unpaired) electrons. The predicted octanol–water partition coefficient (Wildman–Crippen LogP) is 6.01. The van der Waals surface area contributed by atoms with E-state index in [9.17, 15) is 0 Å². The Kier molecular flexibility index (Phi) is 4.80. The summed E-state index contributed by atoms with van der Waals surface area (Å²) in [6.45, 7) is 1.01. The average molecular weight is 346 g/mol. The number of aromatic nitrogens is 1. The molecular formula is C23H23NS. The van der Waals surface area contributed by atoms with Crippen LogP contribution in [0.15, 0.2) is 66.7 Å². The molecule has 126 valence electrons. The maximum atomic E-state index is 5.75. The number of pyridine rings is 1. The van der Waals surface area contributed by atoms with Gasteiger partial charge in [0.2, 0.25) is 0 Å². The summed E-state index contributed by atoms with van der Waals surface area (Å²) in [4.78, 5) is 0. The summed E-state index contributed by atoms with van der Waals surface area (Å²) < 4.78 is 3.58. The molecule has 1 aliphatic carbocycles. The molecule has 0 fully saturated rings. The van der Waals surface area contributed by atoms with Crippen molar-refractivity contribution in [2.75, 3.05) is 0 Å². The quantitative estimate of drug-likeness (QED) is 0.525. The largest absolute Gasteiger partial charge is 0.344 e. The van der Waals surface area contributed by atoms with Gasteiger partial charge in [-0.2, -0.15) is 0 Å². The van der Waals surface area contributed by atoms with E-state index in [1.165, 1.54) is 40.9 Å². The Morgan fingerprint density at radius 2 is 1.52 bits per heavy atom. The highest BCUT2D eigenvalue weighted by atomic mass is 32.1. The summed E-state index contributed by atoms with van der Waals surface area (Å²) >= 11 is 5.75. The van der Waals surface area contributed by atoms with Gasteiger partial charge in [-0.15, -0.1) is 0 Å². The molecule has 2 aromatic carbocycles. The fraction of sp³-hybridized carbons (Fsp3) is 0.261. The van der Waals surface area contributed by atoms with E-state index in [-0.39, 0.29) is 0 Å². The number of aryl methyl sites for hydroxylation is 1. The van der Waals surface area contributed by atoms with Crippen LogP contribution in [0.4, 0.5) is 0 Å². The Balaban J connectivity index is 1.80. The van der Waals surface area contributed by atoms with Gasteiger partial charge in [-0.1, -0.05) is 72.9 Å². The van der Waals surface area contributed by atoms with E-state index in [1.54, 1.807) is 0 Å². The topological polar surface area (TPSA) is 4.93 Å². The normalized spacial score (nSPS) is 13.4. The zero-order chi connectivity index (χ0) is 17.1. The van der Waals surface area contributed by atoms with Crippen LogP contribution in [0.1, 0.15) is 29.7 Å². The van der Waals surface area contributed by atoms with Crippen molar-refractivity contribution in [1.29, 1.82) is 0 Å². The first-order valence-electron chi connectivity index (χ1n) is 9.18. The third kappa shape index (κ3) is 3.45. The smallest absolute Gasteiger partial charge is 0.0496 e. The van der Waals surface area contributed by atoms with E-state index in [1.807, 2.05) is 0 Å². The van der Waals surface area contributed by atoms with E-state index >= 15 is 0 Å². The fourth-order valence-electron chi connectivity index (χ4n) is 3.88. The van der Waals surface area contributed by atoms with Crippen molar-refractivity contribution in [2.24, 2.45) is 0 Å². The van der Waals surface area contributed by atoms with Crippen LogP contribution in [0.3, 0.4) is 0 Å². The molecule has 2 heteroatoms. The van der Waals surface area contributed by atoms with Crippen LogP contribution in [-0.2, 0) is 25.8 Å². The van der Waals surface area contributed by atoms with Crippen molar-refractivity contribution in [3.05, 3.63) is 88.1 Å². The minimum absolute atomic E-state index is 1.01. The monoisotopic (exact) mass is 345 g/mol. The average Bonchev–Trinajstić information content (AvgIpc) is 2.69.